The zero-order valence-corrected chi connectivity index (χ0v) is 13.7. The van der Waals surface area contributed by atoms with Gasteiger partial charge in [-0.15, -0.1) is 0 Å². The third-order valence-corrected chi connectivity index (χ3v) is 2.61. The first-order valence-electron chi connectivity index (χ1n) is 7.41. The summed E-state index contributed by atoms with van der Waals surface area (Å²) in [7, 11) is 0. The molecule has 0 saturated heterocycles. The predicted molar refractivity (Wildman–Crippen MR) is 80.7 cm³/mol. The summed E-state index contributed by atoms with van der Waals surface area (Å²) < 4.78 is 41.0. The van der Waals surface area contributed by atoms with Crippen molar-refractivity contribution in [3.05, 3.63) is 12.2 Å². The van der Waals surface area contributed by atoms with Crippen molar-refractivity contribution in [2.45, 2.75) is 64.8 Å². The number of hydrogen-bond donors (Lipinski definition) is 2. The fourth-order valence-electron chi connectivity index (χ4n) is 1.60. The van der Waals surface area contributed by atoms with Crippen LogP contribution in [0, 0.1) is 0 Å². The van der Waals surface area contributed by atoms with Crippen molar-refractivity contribution < 1.29 is 22.7 Å². The molecule has 0 saturated carbocycles. The Kier molecular flexibility index (Phi) is 9.16. The number of carbonyl (C=O) groups excluding carboxylic acids is 1. The predicted octanol–water partition coefficient (Wildman–Crippen LogP) is 3.78. The Balaban J connectivity index is 3.64. The molecule has 0 heterocycles. The molecule has 2 N–H and O–H groups in total. The lowest BCUT2D eigenvalue weighted by Gasteiger charge is -2.19. The number of hydrogen-bond acceptors (Lipinski definition) is 3. The Labute approximate surface area is 130 Å². The van der Waals surface area contributed by atoms with Gasteiger partial charge in [0.05, 0.1) is 0 Å². The molecule has 0 rings (SSSR count). The first kappa shape index (κ1) is 20.8. The molecule has 0 fully saturated rings. The van der Waals surface area contributed by atoms with Crippen molar-refractivity contribution in [3.8, 4) is 0 Å². The van der Waals surface area contributed by atoms with Crippen molar-refractivity contribution in [1.29, 1.82) is 0 Å². The molecule has 7 heteroatoms. The van der Waals surface area contributed by atoms with Crippen LogP contribution in [0.2, 0.25) is 0 Å². The molecule has 1 unspecified atom stereocenters. The van der Waals surface area contributed by atoms with Crippen LogP contribution in [0.5, 0.6) is 0 Å². The number of alkyl halides is 3. The van der Waals surface area contributed by atoms with E-state index in [0.717, 1.165) is 0 Å². The van der Waals surface area contributed by atoms with Crippen LogP contribution in [0.1, 0.15) is 47.0 Å². The minimum atomic E-state index is -4.08. The van der Waals surface area contributed by atoms with Crippen molar-refractivity contribution in [3.63, 3.8) is 0 Å². The van der Waals surface area contributed by atoms with E-state index in [4.69, 9.17) is 4.74 Å². The quantitative estimate of drug-likeness (QED) is 0.668. The normalized spacial score (nSPS) is 14.1. The van der Waals surface area contributed by atoms with Crippen LogP contribution >= 0.6 is 0 Å². The topological polar surface area (TPSA) is 50.4 Å². The fraction of sp³-hybridized carbons (Fsp3) is 0.800. The summed E-state index contributed by atoms with van der Waals surface area (Å²) in [4.78, 5) is 11.3. The van der Waals surface area contributed by atoms with E-state index in [1.54, 1.807) is 26.8 Å². The van der Waals surface area contributed by atoms with Crippen LogP contribution in [-0.4, -0.2) is 37.0 Å². The fourth-order valence-corrected chi connectivity index (χ4v) is 1.60. The number of nitrogens with one attached hydrogen (secondary N) is 2. The van der Waals surface area contributed by atoms with Crippen LogP contribution in [0.25, 0.3) is 0 Å². The minimum Gasteiger partial charge on any atom is -0.444 e. The number of alkyl carbamates (subject to hydrolysis) is 1. The first-order valence-corrected chi connectivity index (χ1v) is 7.41. The van der Waals surface area contributed by atoms with Gasteiger partial charge in [0.25, 0.3) is 0 Å². The molecule has 0 radical (unpaired) electrons. The molecular formula is C15H27F3N2O2. The van der Waals surface area contributed by atoms with Gasteiger partial charge in [-0.25, -0.2) is 4.79 Å². The molecule has 0 aromatic heterocycles. The van der Waals surface area contributed by atoms with Crippen molar-refractivity contribution in [2.24, 2.45) is 0 Å². The van der Waals surface area contributed by atoms with E-state index in [-0.39, 0.29) is 12.5 Å². The van der Waals surface area contributed by atoms with Crippen molar-refractivity contribution >= 4 is 6.09 Å². The molecule has 0 aliphatic rings. The second-order valence-electron chi connectivity index (χ2n) is 6.17. The van der Waals surface area contributed by atoms with Gasteiger partial charge in [-0.3, -0.25) is 0 Å². The molecule has 0 aliphatic heterocycles. The summed E-state index contributed by atoms with van der Waals surface area (Å²) in [6.07, 6.45) is -1.12. The van der Waals surface area contributed by atoms with Gasteiger partial charge in [-0.1, -0.05) is 12.2 Å². The van der Waals surface area contributed by atoms with E-state index in [1.807, 2.05) is 13.0 Å². The Morgan fingerprint density at radius 2 is 1.77 bits per heavy atom. The average molecular weight is 324 g/mol. The maximum absolute atomic E-state index is 12.0. The summed E-state index contributed by atoms with van der Waals surface area (Å²) >= 11 is 0. The van der Waals surface area contributed by atoms with E-state index in [1.165, 1.54) is 0 Å². The van der Waals surface area contributed by atoms with E-state index >= 15 is 0 Å². The second-order valence-corrected chi connectivity index (χ2v) is 6.17. The minimum absolute atomic E-state index is 0.0193. The number of rotatable bonds is 8. The van der Waals surface area contributed by atoms with Gasteiger partial charge in [-0.05, 0) is 40.5 Å². The number of ether oxygens (including phenoxy) is 1. The SMILES string of the molecule is CC(CCCC(F)(F)F)NC/C=C/CNC(=O)OC(C)(C)C. The van der Waals surface area contributed by atoms with Gasteiger partial charge in [0, 0.05) is 25.6 Å². The molecular weight excluding hydrogens is 297 g/mol. The summed E-state index contributed by atoms with van der Waals surface area (Å²) in [5.41, 5.74) is -0.527. The highest BCUT2D eigenvalue weighted by atomic mass is 19.4. The Hall–Kier alpha value is -1.24. The molecule has 130 valence electrons. The summed E-state index contributed by atoms with van der Waals surface area (Å²) in [6.45, 7) is 8.09. The smallest absolute Gasteiger partial charge is 0.407 e. The largest absolute Gasteiger partial charge is 0.444 e. The Morgan fingerprint density at radius 1 is 1.18 bits per heavy atom. The van der Waals surface area contributed by atoms with Crippen molar-refractivity contribution in [1.82, 2.24) is 10.6 Å². The van der Waals surface area contributed by atoms with Crippen LogP contribution in [0.4, 0.5) is 18.0 Å². The lowest BCUT2D eigenvalue weighted by Crippen LogP contribution is -2.32. The molecule has 22 heavy (non-hydrogen) atoms. The molecule has 0 aromatic carbocycles. The van der Waals surface area contributed by atoms with E-state index in [9.17, 15) is 18.0 Å². The van der Waals surface area contributed by atoms with Gasteiger partial charge in [0.1, 0.15) is 5.60 Å². The average Bonchev–Trinajstić information content (AvgIpc) is 2.29. The molecule has 0 bridgehead atoms. The molecule has 0 aliphatic carbocycles. The van der Waals surface area contributed by atoms with E-state index in [0.29, 0.717) is 19.5 Å². The summed E-state index contributed by atoms with van der Waals surface area (Å²) in [5.74, 6) is 0. The lowest BCUT2D eigenvalue weighted by molar-refractivity contribution is -0.135. The van der Waals surface area contributed by atoms with E-state index < -0.39 is 24.3 Å². The zero-order valence-electron chi connectivity index (χ0n) is 13.7. The molecule has 4 nitrogen and oxygen atoms in total. The van der Waals surface area contributed by atoms with Gasteiger partial charge in [0.15, 0.2) is 0 Å². The van der Waals surface area contributed by atoms with Gasteiger partial charge in [-0.2, -0.15) is 13.2 Å². The summed E-state index contributed by atoms with van der Waals surface area (Å²) in [5, 5.41) is 5.67. The van der Waals surface area contributed by atoms with Crippen LogP contribution in [-0.2, 0) is 4.74 Å². The highest BCUT2D eigenvalue weighted by molar-refractivity contribution is 5.67. The summed E-state index contributed by atoms with van der Waals surface area (Å²) in [6, 6.07) is 0.0193. The van der Waals surface area contributed by atoms with Crippen molar-refractivity contribution in [2.75, 3.05) is 13.1 Å². The molecule has 0 spiro atoms. The third-order valence-electron chi connectivity index (χ3n) is 2.61. The molecule has 1 atom stereocenters. The van der Waals surface area contributed by atoms with Crippen LogP contribution < -0.4 is 10.6 Å². The maximum Gasteiger partial charge on any atom is 0.407 e. The maximum atomic E-state index is 12.0. The van der Waals surface area contributed by atoms with E-state index in [2.05, 4.69) is 10.6 Å². The standard InChI is InChI=1S/C15H27F3N2O2/c1-12(8-7-9-15(16,17)18)19-10-5-6-11-20-13(21)22-14(2,3)4/h5-6,12,19H,7-11H2,1-4H3,(H,20,21)/b6-5+. The zero-order chi connectivity index (χ0) is 17.2. The molecule has 0 aromatic rings. The third kappa shape index (κ3) is 15.2. The Bertz CT molecular complexity index is 350. The van der Waals surface area contributed by atoms with Gasteiger partial charge >= 0.3 is 12.3 Å². The lowest BCUT2D eigenvalue weighted by atomic mass is 10.1. The number of amides is 1. The van der Waals surface area contributed by atoms with Crippen LogP contribution in [0.3, 0.4) is 0 Å². The number of carbonyl (C=O) groups is 1. The van der Waals surface area contributed by atoms with Gasteiger partial charge < -0.3 is 15.4 Å². The highest BCUT2D eigenvalue weighted by Gasteiger charge is 2.26. The Morgan fingerprint density at radius 3 is 2.32 bits per heavy atom. The molecule has 1 amide bonds. The first-order chi connectivity index (χ1) is 9.99. The highest BCUT2D eigenvalue weighted by Crippen LogP contribution is 2.22. The number of halogens is 3. The van der Waals surface area contributed by atoms with Crippen LogP contribution in [0.15, 0.2) is 12.2 Å². The monoisotopic (exact) mass is 324 g/mol. The van der Waals surface area contributed by atoms with Gasteiger partial charge in [0.2, 0.25) is 0 Å². The second kappa shape index (κ2) is 9.71.